The molecule has 1 aromatic carbocycles. The molecule has 0 heterocycles. The molecule has 14 heavy (non-hydrogen) atoms. The van der Waals surface area contributed by atoms with E-state index < -0.39 is 5.79 Å². The Morgan fingerprint density at radius 3 is 2.64 bits per heavy atom. The van der Waals surface area contributed by atoms with Crippen LogP contribution in [0.25, 0.3) is 0 Å². The second kappa shape index (κ2) is 2.84. The summed E-state index contributed by atoms with van der Waals surface area (Å²) in [7, 11) is 0. The van der Waals surface area contributed by atoms with Crippen LogP contribution in [0.15, 0.2) is 12.1 Å². The lowest BCUT2D eigenvalue weighted by atomic mass is 10.1. The molecule has 2 rings (SSSR count). The number of rotatable bonds is 1. The SMILES string of the molecule is OOc1ccc(O)c2c1CCC2(O)O. The number of aromatic hydroxyl groups is 1. The molecule has 0 spiro atoms. The Labute approximate surface area is 79.7 Å². The van der Waals surface area contributed by atoms with Crippen molar-refractivity contribution < 1.29 is 25.5 Å². The summed E-state index contributed by atoms with van der Waals surface area (Å²) in [5.74, 6) is -2.10. The quantitative estimate of drug-likeness (QED) is 0.296. The van der Waals surface area contributed by atoms with Crippen molar-refractivity contribution in [2.75, 3.05) is 0 Å². The van der Waals surface area contributed by atoms with E-state index in [4.69, 9.17) is 5.26 Å². The molecule has 0 fully saturated rings. The van der Waals surface area contributed by atoms with E-state index in [9.17, 15) is 15.3 Å². The van der Waals surface area contributed by atoms with E-state index in [1.165, 1.54) is 12.1 Å². The van der Waals surface area contributed by atoms with E-state index in [1.54, 1.807) is 0 Å². The van der Waals surface area contributed by atoms with Crippen LogP contribution in [0.4, 0.5) is 0 Å². The fourth-order valence-corrected chi connectivity index (χ4v) is 1.82. The van der Waals surface area contributed by atoms with Crippen molar-refractivity contribution in [3.05, 3.63) is 23.3 Å². The summed E-state index contributed by atoms with van der Waals surface area (Å²) in [4.78, 5) is 4.07. The van der Waals surface area contributed by atoms with Gasteiger partial charge in [0, 0.05) is 12.0 Å². The van der Waals surface area contributed by atoms with Gasteiger partial charge in [0.1, 0.15) is 5.75 Å². The third-order valence-electron chi connectivity index (χ3n) is 2.47. The van der Waals surface area contributed by atoms with Gasteiger partial charge in [-0.3, -0.25) is 0 Å². The van der Waals surface area contributed by atoms with Gasteiger partial charge in [-0.2, -0.15) is 0 Å². The molecule has 0 bridgehead atoms. The van der Waals surface area contributed by atoms with Crippen LogP contribution < -0.4 is 4.89 Å². The van der Waals surface area contributed by atoms with E-state index in [0.717, 1.165) is 0 Å². The predicted molar refractivity (Wildman–Crippen MR) is 45.8 cm³/mol. The second-order valence-corrected chi connectivity index (χ2v) is 3.34. The van der Waals surface area contributed by atoms with Gasteiger partial charge in [-0.25, -0.2) is 5.26 Å². The minimum atomic E-state index is -2.03. The van der Waals surface area contributed by atoms with Crippen LogP contribution in [0.2, 0.25) is 0 Å². The van der Waals surface area contributed by atoms with E-state index in [2.05, 4.69) is 4.89 Å². The van der Waals surface area contributed by atoms with Crippen LogP contribution in [-0.2, 0) is 12.2 Å². The highest BCUT2D eigenvalue weighted by atomic mass is 17.1. The lowest BCUT2D eigenvalue weighted by Crippen LogP contribution is -2.20. The van der Waals surface area contributed by atoms with Crippen molar-refractivity contribution in [3.8, 4) is 11.5 Å². The predicted octanol–water partition coefficient (Wildman–Crippen LogP) is 0.328. The van der Waals surface area contributed by atoms with Crippen molar-refractivity contribution >= 4 is 0 Å². The van der Waals surface area contributed by atoms with Gasteiger partial charge in [0.2, 0.25) is 0 Å². The van der Waals surface area contributed by atoms with Gasteiger partial charge in [-0.15, -0.1) is 0 Å². The lowest BCUT2D eigenvalue weighted by molar-refractivity contribution is -0.167. The van der Waals surface area contributed by atoms with Gasteiger partial charge in [0.15, 0.2) is 11.5 Å². The number of benzene rings is 1. The lowest BCUT2D eigenvalue weighted by Gasteiger charge is -2.17. The monoisotopic (exact) mass is 198 g/mol. The molecule has 1 aliphatic rings. The fraction of sp³-hybridized carbons (Fsp3) is 0.333. The third kappa shape index (κ3) is 1.14. The molecule has 0 saturated carbocycles. The summed E-state index contributed by atoms with van der Waals surface area (Å²) < 4.78 is 0. The molecular weight excluding hydrogens is 188 g/mol. The highest BCUT2D eigenvalue weighted by molar-refractivity contribution is 5.52. The minimum absolute atomic E-state index is 0.0176. The number of aliphatic hydroxyl groups is 2. The first-order valence-corrected chi connectivity index (χ1v) is 4.18. The van der Waals surface area contributed by atoms with Crippen LogP contribution in [0.3, 0.4) is 0 Å². The Hall–Kier alpha value is -1.30. The maximum Gasteiger partial charge on any atom is 0.194 e. The summed E-state index contributed by atoms with van der Waals surface area (Å²) in [5, 5.41) is 37.0. The van der Waals surface area contributed by atoms with Crippen molar-refractivity contribution in [1.82, 2.24) is 0 Å². The average molecular weight is 198 g/mol. The molecule has 0 radical (unpaired) electrons. The van der Waals surface area contributed by atoms with E-state index in [1.807, 2.05) is 0 Å². The van der Waals surface area contributed by atoms with Crippen LogP contribution in [0.1, 0.15) is 17.5 Å². The minimum Gasteiger partial charge on any atom is -0.507 e. The maximum absolute atomic E-state index is 9.51. The third-order valence-corrected chi connectivity index (χ3v) is 2.47. The molecule has 0 unspecified atom stereocenters. The highest BCUT2D eigenvalue weighted by Gasteiger charge is 2.39. The number of fused-ring (bicyclic) bond motifs is 1. The smallest absolute Gasteiger partial charge is 0.194 e. The molecule has 5 heteroatoms. The van der Waals surface area contributed by atoms with Crippen LogP contribution >= 0.6 is 0 Å². The number of phenolic OH excluding ortho intramolecular Hbond substituents is 1. The van der Waals surface area contributed by atoms with Crippen molar-refractivity contribution in [2.45, 2.75) is 18.6 Å². The topological polar surface area (TPSA) is 90.2 Å². The van der Waals surface area contributed by atoms with Crippen LogP contribution in [-0.4, -0.2) is 20.6 Å². The van der Waals surface area contributed by atoms with Crippen molar-refractivity contribution in [3.63, 3.8) is 0 Å². The Balaban J connectivity index is 2.65. The van der Waals surface area contributed by atoms with Gasteiger partial charge < -0.3 is 20.2 Å². The summed E-state index contributed by atoms with van der Waals surface area (Å²) in [6, 6.07) is 2.62. The zero-order valence-electron chi connectivity index (χ0n) is 7.27. The molecule has 0 aromatic heterocycles. The Morgan fingerprint density at radius 1 is 1.29 bits per heavy atom. The molecule has 76 valence electrons. The summed E-state index contributed by atoms with van der Waals surface area (Å²) in [5.41, 5.74) is 0.446. The average Bonchev–Trinajstić information content (AvgIpc) is 2.44. The summed E-state index contributed by atoms with van der Waals surface area (Å²) in [6.07, 6.45) is 0.420. The molecule has 1 aromatic rings. The van der Waals surface area contributed by atoms with Gasteiger partial charge in [0.25, 0.3) is 0 Å². The Kier molecular flexibility index (Phi) is 1.88. The molecule has 0 atom stereocenters. The van der Waals surface area contributed by atoms with Crippen LogP contribution in [0, 0.1) is 0 Å². The summed E-state index contributed by atoms with van der Waals surface area (Å²) in [6.45, 7) is 0. The van der Waals surface area contributed by atoms with Gasteiger partial charge in [-0.1, -0.05) is 0 Å². The first-order valence-electron chi connectivity index (χ1n) is 4.18. The molecule has 0 saturated heterocycles. The van der Waals surface area contributed by atoms with E-state index >= 15 is 0 Å². The number of hydrogen-bond acceptors (Lipinski definition) is 5. The van der Waals surface area contributed by atoms with E-state index in [-0.39, 0.29) is 23.5 Å². The molecule has 4 N–H and O–H groups in total. The zero-order valence-corrected chi connectivity index (χ0v) is 7.27. The first kappa shape index (κ1) is 9.26. The molecule has 0 aliphatic heterocycles. The summed E-state index contributed by atoms with van der Waals surface area (Å²) >= 11 is 0. The van der Waals surface area contributed by atoms with Crippen molar-refractivity contribution in [1.29, 1.82) is 0 Å². The molecule has 5 nitrogen and oxygen atoms in total. The zero-order chi connectivity index (χ0) is 10.3. The standard InChI is InChI=1S/C9H10O5/c10-6-1-2-7(14-13)5-3-4-9(11,12)8(5)6/h1-2,10-13H,3-4H2. The Bertz CT molecular complexity index is 372. The highest BCUT2D eigenvalue weighted by Crippen LogP contribution is 2.44. The number of phenols is 1. The first-order chi connectivity index (χ1) is 6.56. The van der Waals surface area contributed by atoms with Gasteiger partial charge in [0.05, 0.1) is 5.56 Å². The fourth-order valence-electron chi connectivity index (χ4n) is 1.82. The largest absolute Gasteiger partial charge is 0.507 e. The van der Waals surface area contributed by atoms with E-state index in [0.29, 0.717) is 12.0 Å². The maximum atomic E-state index is 9.51. The molecular formula is C9H10O5. The van der Waals surface area contributed by atoms with Gasteiger partial charge in [-0.05, 0) is 18.6 Å². The Morgan fingerprint density at radius 2 is 2.00 bits per heavy atom. The molecule has 1 aliphatic carbocycles. The molecule has 0 amide bonds. The van der Waals surface area contributed by atoms with Crippen LogP contribution in [0.5, 0.6) is 11.5 Å². The normalized spacial score (nSPS) is 17.9. The van der Waals surface area contributed by atoms with Crippen molar-refractivity contribution in [2.24, 2.45) is 0 Å². The van der Waals surface area contributed by atoms with Gasteiger partial charge >= 0.3 is 0 Å². The number of hydrogen-bond donors (Lipinski definition) is 4. The second-order valence-electron chi connectivity index (χ2n) is 3.34.